The van der Waals surface area contributed by atoms with Crippen LogP contribution < -0.4 is 15.5 Å². The van der Waals surface area contributed by atoms with Gasteiger partial charge in [-0.25, -0.2) is 9.67 Å². The van der Waals surface area contributed by atoms with E-state index < -0.39 is 0 Å². The van der Waals surface area contributed by atoms with Crippen LogP contribution in [0.5, 0.6) is 0 Å². The second kappa shape index (κ2) is 12.6. The van der Waals surface area contributed by atoms with Crippen LogP contribution in [0.25, 0.3) is 0 Å². The van der Waals surface area contributed by atoms with Gasteiger partial charge in [0.05, 0.1) is 12.8 Å². The lowest BCUT2D eigenvalue weighted by Crippen LogP contribution is -2.47. The summed E-state index contributed by atoms with van der Waals surface area (Å²) >= 11 is 0. The Morgan fingerprint density at radius 2 is 2.09 bits per heavy atom. The molecule has 0 amide bonds. The van der Waals surface area contributed by atoms with Crippen molar-refractivity contribution in [2.45, 2.75) is 45.2 Å². The Hall–Kier alpha value is -2.56. The van der Waals surface area contributed by atoms with E-state index in [4.69, 9.17) is 9.41 Å². The van der Waals surface area contributed by atoms with Crippen LogP contribution in [0, 0.1) is 6.92 Å². The first-order valence-electron chi connectivity index (χ1n) is 11.4. The zero-order valence-electron chi connectivity index (χ0n) is 19.4. The molecule has 1 atom stereocenters. The number of aromatic nitrogens is 3. The molecule has 3 aromatic rings. The van der Waals surface area contributed by atoms with Crippen molar-refractivity contribution >= 4 is 35.6 Å². The summed E-state index contributed by atoms with van der Waals surface area (Å²) in [6.45, 7) is 5.24. The molecule has 1 aliphatic heterocycles. The Morgan fingerprint density at radius 3 is 2.88 bits per heavy atom. The lowest BCUT2D eigenvalue weighted by atomic mass is 10.1. The van der Waals surface area contributed by atoms with Crippen LogP contribution in [0.15, 0.2) is 58.1 Å². The Labute approximate surface area is 212 Å². The molecule has 1 unspecified atom stereocenters. The number of fused-ring (bicyclic) bond motifs is 1. The van der Waals surface area contributed by atoms with Crippen molar-refractivity contribution in [3.63, 3.8) is 0 Å². The third-order valence-corrected chi connectivity index (χ3v) is 5.67. The van der Waals surface area contributed by atoms with Gasteiger partial charge in [-0.3, -0.25) is 4.99 Å². The van der Waals surface area contributed by atoms with E-state index in [1.807, 2.05) is 29.8 Å². The van der Waals surface area contributed by atoms with E-state index in [2.05, 4.69) is 56.9 Å². The summed E-state index contributed by atoms with van der Waals surface area (Å²) in [7, 11) is 2.12. The monoisotopic (exact) mass is 563 g/mol. The second-order valence-electron chi connectivity index (χ2n) is 8.23. The average Bonchev–Trinajstić information content (AvgIpc) is 3.45. The van der Waals surface area contributed by atoms with E-state index in [0.29, 0.717) is 0 Å². The first-order valence-corrected chi connectivity index (χ1v) is 11.4. The predicted molar refractivity (Wildman–Crippen MR) is 142 cm³/mol. The van der Waals surface area contributed by atoms with Crippen molar-refractivity contribution in [3.8, 4) is 0 Å². The molecule has 0 saturated heterocycles. The number of furan rings is 1. The minimum Gasteiger partial charge on any atom is -0.469 e. The molecule has 4 rings (SSSR count). The summed E-state index contributed by atoms with van der Waals surface area (Å²) in [6, 6.07) is 14.7. The fourth-order valence-corrected chi connectivity index (χ4v) is 3.97. The summed E-state index contributed by atoms with van der Waals surface area (Å²) in [5.41, 5.74) is 1.23. The summed E-state index contributed by atoms with van der Waals surface area (Å²) < 4.78 is 7.47. The minimum atomic E-state index is 0. The maximum absolute atomic E-state index is 5.45. The number of nitrogens with one attached hydrogen (secondary N) is 2. The summed E-state index contributed by atoms with van der Waals surface area (Å²) in [4.78, 5) is 11.6. The normalized spacial score (nSPS) is 15.5. The molecule has 1 aliphatic rings. The van der Waals surface area contributed by atoms with Crippen LogP contribution in [0.3, 0.4) is 0 Å². The van der Waals surface area contributed by atoms with E-state index in [1.54, 1.807) is 6.26 Å². The van der Waals surface area contributed by atoms with Crippen molar-refractivity contribution < 1.29 is 4.42 Å². The number of aliphatic imine (C=N–C) groups is 1. The molecular formula is C24H34IN7O. The van der Waals surface area contributed by atoms with Gasteiger partial charge in [0.15, 0.2) is 5.96 Å². The van der Waals surface area contributed by atoms with Crippen LogP contribution in [0.2, 0.25) is 0 Å². The lowest BCUT2D eigenvalue weighted by Gasteiger charge is -2.25. The van der Waals surface area contributed by atoms with Crippen molar-refractivity contribution in [3.05, 3.63) is 66.1 Å². The van der Waals surface area contributed by atoms with Crippen LogP contribution in [-0.2, 0) is 19.4 Å². The maximum Gasteiger partial charge on any atom is 0.191 e. The molecule has 33 heavy (non-hydrogen) atoms. The highest BCUT2D eigenvalue weighted by atomic mass is 127. The van der Waals surface area contributed by atoms with Crippen LogP contribution in [0.1, 0.15) is 30.3 Å². The third kappa shape index (κ3) is 7.48. The highest BCUT2D eigenvalue weighted by molar-refractivity contribution is 14.0. The molecule has 8 nitrogen and oxygen atoms in total. The summed E-state index contributed by atoms with van der Waals surface area (Å²) in [6.07, 6.45) is 5.47. The highest BCUT2D eigenvalue weighted by Gasteiger charge is 2.21. The van der Waals surface area contributed by atoms with Crippen molar-refractivity contribution in [1.29, 1.82) is 0 Å². The number of benzene rings is 1. The van der Waals surface area contributed by atoms with Crippen LogP contribution in [-0.4, -0.2) is 53.4 Å². The molecule has 1 aromatic carbocycles. The average molecular weight is 563 g/mol. The molecule has 0 bridgehead atoms. The number of hydrogen-bond acceptors (Lipinski definition) is 5. The number of guanidine groups is 1. The van der Waals surface area contributed by atoms with E-state index >= 15 is 0 Å². The van der Waals surface area contributed by atoms with Crippen molar-refractivity contribution in [2.75, 3.05) is 31.6 Å². The van der Waals surface area contributed by atoms with Gasteiger partial charge in [0.2, 0.25) is 0 Å². The molecule has 0 aliphatic carbocycles. The van der Waals surface area contributed by atoms with Gasteiger partial charge in [-0.2, -0.15) is 5.10 Å². The van der Waals surface area contributed by atoms with Gasteiger partial charge >= 0.3 is 0 Å². The zero-order valence-corrected chi connectivity index (χ0v) is 21.7. The molecule has 0 spiro atoms. The first kappa shape index (κ1) is 25.1. The van der Waals surface area contributed by atoms with Crippen molar-refractivity contribution in [2.24, 2.45) is 4.99 Å². The molecule has 0 fully saturated rings. The molecule has 0 radical (unpaired) electrons. The van der Waals surface area contributed by atoms with E-state index in [1.165, 1.54) is 5.69 Å². The van der Waals surface area contributed by atoms with E-state index in [-0.39, 0.29) is 30.0 Å². The topological polar surface area (TPSA) is 83.5 Å². The predicted octanol–water partition coefficient (Wildman–Crippen LogP) is 3.42. The Kier molecular flexibility index (Phi) is 9.59. The Bertz CT molecular complexity index is 988. The minimum absolute atomic E-state index is 0. The number of nitrogens with zero attached hydrogens (tertiary/aromatic N) is 5. The Morgan fingerprint density at radius 1 is 1.24 bits per heavy atom. The molecule has 9 heteroatoms. The molecule has 2 N–H and O–H groups in total. The molecule has 178 valence electrons. The molecule has 2 aromatic heterocycles. The van der Waals surface area contributed by atoms with E-state index in [0.717, 1.165) is 75.2 Å². The summed E-state index contributed by atoms with van der Waals surface area (Å²) in [5, 5.41) is 11.6. The number of anilines is 1. The van der Waals surface area contributed by atoms with Gasteiger partial charge in [-0.15, -0.1) is 24.0 Å². The zero-order chi connectivity index (χ0) is 22.2. The summed E-state index contributed by atoms with van der Waals surface area (Å²) in [5.74, 6) is 3.74. The quantitative estimate of drug-likeness (QED) is 0.180. The fourth-order valence-electron chi connectivity index (χ4n) is 3.97. The van der Waals surface area contributed by atoms with Crippen LogP contribution >= 0.6 is 24.0 Å². The molecular weight excluding hydrogens is 529 g/mol. The Balaban J connectivity index is 0.00000306. The first-order chi connectivity index (χ1) is 15.7. The SMILES string of the molecule is Cc1nc2n(n1)CC(NC(=NCCCN(C)c1ccccc1)NCCc1ccco1)CC2.I. The standard InChI is InChI=1S/C24H33N7O.HI/c1-19-27-23-12-11-20(18-31(23)29-19)28-24(26-15-13-22-10-6-17-32-22)25-14-7-16-30(2)21-8-4-3-5-9-21;/h3-6,8-10,17,20H,7,11-16,18H2,1-2H3,(H2,25,26,28);1H. The number of para-hydroxylation sites is 1. The second-order valence-corrected chi connectivity index (χ2v) is 8.23. The molecule has 0 saturated carbocycles. The smallest absolute Gasteiger partial charge is 0.191 e. The van der Waals surface area contributed by atoms with Gasteiger partial charge < -0.3 is 20.0 Å². The lowest BCUT2D eigenvalue weighted by molar-refractivity contribution is 0.392. The fraction of sp³-hybridized carbons (Fsp3) is 0.458. The number of rotatable bonds is 9. The van der Waals surface area contributed by atoms with Gasteiger partial charge in [-0.05, 0) is 44.0 Å². The number of aryl methyl sites for hydroxylation is 2. The maximum atomic E-state index is 5.45. The number of hydrogen-bond donors (Lipinski definition) is 2. The van der Waals surface area contributed by atoms with E-state index in [9.17, 15) is 0 Å². The van der Waals surface area contributed by atoms with Crippen LogP contribution in [0.4, 0.5) is 5.69 Å². The highest BCUT2D eigenvalue weighted by Crippen LogP contribution is 2.13. The largest absolute Gasteiger partial charge is 0.469 e. The van der Waals surface area contributed by atoms with Gasteiger partial charge in [-0.1, -0.05) is 18.2 Å². The van der Waals surface area contributed by atoms with Gasteiger partial charge in [0, 0.05) is 51.3 Å². The van der Waals surface area contributed by atoms with Crippen molar-refractivity contribution in [1.82, 2.24) is 25.4 Å². The molecule has 3 heterocycles. The third-order valence-electron chi connectivity index (χ3n) is 5.67. The van der Waals surface area contributed by atoms with Gasteiger partial charge in [0.1, 0.15) is 17.4 Å². The number of halogens is 1. The van der Waals surface area contributed by atoms with Gasteiger partial charge in [0.25, 0.3) is 0 Å².